The number of fused-ring (bicyclic) bond motifs is 6. The number of imidazole rings is 2. The minimum absolute atomic E-state index is 0.937. The molecule has 0 aliphatic heterocycles. The fourth-order valence-corrected chi connectivity index (χ4v) is 11.7. The van der Waals surface area contributed by atoms with E-state index in [4.69, 9.17) is 15.0 Å². The maximum absolute atomic E-state index is 4.99. The molecule has 9 aromatic carbocycles. The molecule has 370 valence electrons. The van der Waals surface area contributed by atoms with Gasteiger partial charge in [-0.3, -0.25) is 4.98 Å². The van der Waals surface area contributed by atoms with E-state index in [1.165, 1.54) is 11.1 Å². The Morgan fingerprint density at radius 1 is 0.282 bits per heavy atom. The van der Waals surface area contributed by atoms with Gasteiger partial charge in [0.15, 0.2) is 0 Å². The predicted molar refractivity (Wildman–Crippen MR) is 325 cm³/mol. The summed E-state index contributed by atoms with van der Waals surface area (Å²) in [5.74, 6) is 0. The molecule has 0 saturated carbocycles. The Balaban J connectivity index is 0.966. The third-order valence-corrected chi connectivity index (χ3v) is 16.0. The number of rotatable bonds is 9. The lowest BCUT2D eigenvalue weighted by molar-refractivity contribution is 1.10. The molecular weight excluding hydrogens is 947 g/mol. The lowest BCUT2D eigenvalue weighted by Gasteiger charge is -2.19. The van der Waals surface area contributed by atoms with Crippen molar-refractivity contribution in [3.8, 4) is 100 Å². The Morgan fingerprint density at radius 3 is 1.21 bits per heavy atom. The van der Waals surface area contributed by atoms with E-state index in [0.29, 0.717) is 0 Å². The zero-order chi connectivity index (χ0) is 52.4. The van der Waals surface area contributed by atoms with Crippen LogP contribution in [0.3, 0.4) is 0 Å². The molecule has 5 nitrogen and oxygen atoms in total. The molecule has 5 heteroatoms. The molecule has 0 fully saturated rings. The number of nitrogens with zero attached hydrogens (tertiary/aromatic N) is 5. The van der Waals surface area contributed by atoms with Gasteiger partial charge >= 0.3 is 0 Å². The zero-order valence-electron chi connectivity index (χ0n) is 43.9. The van der Waals surface area contributed by atoms with Crippen molar-refractivity contribution in [2.75, 3.05) is 0 Å². The molecule has 0 radical (unpaired) electrons. The van der Waals surface area contributed by atoms with Crippen molar-refractivity contribution in [3.63, 3.8) is 0 Å². The lowest BCUT2D eigenvalue weighted by Crippen LogP contribution is -1.94. The number of hydrogen-bond donors (Lipinski definition) is 0. The molecular formula is C73H53N5. The molecule has 78 heavy (non-hydrogen) atoms. The van der Waals surface area contributed by atoms with E-state index in [2.05, 4.69) is 273 Å². The Bertz CT molecular complexity index is 4450. The Kier molecular flexibility index (Phi) is 11.3. The Morgan fingerprint density at radius 2 is 0.692 bits per heavy atom. The smallest absolute Gasteiger partial charge is 0.145 e. The maximum Gasteiger partial charge on any atom is 0.145 e. The topological polar surface area (TPSA) is 47.5 Å². The molecule has 0 atom stereocenters. The van der Waals surface area contributed by atoms with Gasteiger partial charge in [0.1, 0.15) is 11.3 Å². The van der Waals surface area contributed by atoms with Crippen LogP contribution in [0.2, 0.25) is 0 Å². The fraction of sp³-hybridized carbons (Fsp3) is 0.0548. The summed E-state index contributed by atoms with van der Waals surface area (Å²) in [6.45, 7) is 8.44. The normalized spacial score (nSPS) is 11.6. The first-order valence-corrected chi connectivity index (χ1v) is 26.7. The monoisotopic (exact) mass is 999 g/mol. The molecule has 0 aliphatic carbocycles. The summed E-state index contributed by atoms with van der Waals surface area (Å²) in [6.07, 6.45) is 6.17. The van der Waals surface area contributed by atoms with Crippen molar-refractivity contribution in [2.45, 2.75) is 27.7 Å². The summed E-state index contributed by atoms with van der Waals surface area (Å²) < 4.78 is 4.40. The molecule has 0 saturated heterocycles. The first kappa shape index (κ1) is 46.6. The summed E-state index contributed by atoms with van der Waals surface area (Å²) in [6, 6.07) is 84.5. The van der Waals surface area contributed by atoms with Crippen LogP contribution in [0.5, 0.6) is 0 Å². The van der Waals surface area contributed by atoms with Crippen molar-refractivity contribution in [1.29, 1.82) is 0 Å². The van der Waals surface area contributed by atoms with Gasteiger partial charge in [0.05, 0.1) is 17.1 Å². The van der Waals surface area contributed by atoms with Gasteiger partial charge in [-0.15, -0.1) is 0 Å². The standard InChI is InChI=1S/C73H53N5/c1-46-48(3)77-38-35-55-40-53(29-32-66(55)72(77)75-46)61-18-8-10-20-63(61)58-42-59(64-21-11-9-19-62(64)54-30-33-67-56(41-54)36-39-78-49(4)47(2)76-73(67)78)44-60(43-58)65-22-12-13-23-68(65)69-34-31-57(71-24-14-15-37-74-71)45-70(69)52-27-25-51(26-28-52)50-16-6-5-7-17-50/h5-45H,1-4H3. The molecule has 14 aromatic rings. The Labute approximate surface area is 454 Å². The zero-order valence-corrected chi connectivity index (χ0v) is 43.9. The van der Waals surface area contributed by atoms with Gasteiger partial charge < -0.3 is 8.80 Å². The van der Waals surface area contributed by atoms with E-state index < -0.39 is 0 Å². The third-order valence-electron chi connectivity index (χ3n) is 16.0. The van der Waals surface area contributed by atoms with Crippen molar-refractivity contribution in [2.24, 2.45) is 0 Å². The second-order valence-electron chi connectivity index (χ2n) is 20.5. The molecule has 0 bridgehead atoms. The molecule has 0 spiro atoms. The van der Waals surface area contributed by atoms with Crippen LogP contribution in [0.25, 0.3) is 133 Å². The highest BCUT2D eigenvalue weighted by molar-refractivity contribution is 6.02. The van der Waals surface area contributed by atoms with Gasteiger partial charge in [0.25, 0.3) is 0 Å². The van der Waals surface area contributed by atoms with Crippen LogP contribution in [0.15, 0.2) is 249 Å². The highest BCUT2D eigenvalue weighted by Gasteiger charge is 2.20. The number of benzene rings is 9. The maximum atomic E-state index is 4.99. The fourth-order valence-electron chi connectivity index (χ4n) is 11.7. The van der Waals surface area contributed by atoms with Crippen LogP contribution >= 0.6 is 0 Å². The number of pyridine rings is 3. The van der Waals surface area contributed by atoms with Crippen LogP contribution in [0.1, 0.15) is 22.8 Å². The van der Waals surface area contributed by atoms with Crippen LogP contribution in [-0.4, -0.2) is 23.8 Å². The minimum atomic E-state index is 0.937. The largest absolute Gasteiger partial charge is 0.304 e. The minimum Gasteiger partial charge on any atom is -0.304 e. The highest BCUT2D eigenvalue weighted by Crippen LogP contribution is 2.45. The van der Waals surface area contributed by atoms with E-state index >= 15 is 0 Å². The first-order chi connectivity index (χ1) is 38.3. The summed E-state index contributed by atoms with van der Waals surface area (Å²) in [4.78, 5) is 14.8. The van der Waals surface area contributed by atoms with E-state index in [1.54, 1.807) is 0 Å². The van der Waals surface area contributed by atoms with E-state index in [0.717, 1.165) is 145 Å². The van der Waals surface area contributed by atoms with Crippen molar-refractivity contribution < 1.29 is 0 Å². The molecule has 5 heterocycles. The van der Waals surface area contributed by atoms with Gasteiger partial charge in [-0.25, -0.2) is 9.97 Å². The van der Waals surface area contributed by atoms with Gasteiger partial charge in [-0.1, -0.05) is 170 Å². The van der Waals surface area contributed by atoms with Crippen LogP contribution in [0.4, 0.5) is 0 Å². The second-order valence-corrected chi connectivity index (χ2v) is 20.5. The van der Waals surface area contributed by atoms with Gasteiger partial charge in [0.2, 0.25) is 0 Å². The number of aryl methyl sites for hydroxylation is 4. The molecule has 0 unspecified atom stereocenters. The van der Waals surface area contributed by atoms with E-state index in [9.17, 15) is 0 Å². The lowest BCUT2D eigenvalue weighted by atomic mass is 9.84. The Hall–Kier alpha value is -9.97. The molecule has 0 amide bonds. The first-order valence-electron chi connectivity index (χ1n) is 26.7. The van der Waals surface area contributed by atoms with E-state index in [-0.39, 0.29) is 0 Å². The summed E-state index contributed by atoms with van der Waals surface area (Å²) in [5, 5.41) is 4.59. The van der Waals surface area contributed by atoms with Gasteiger partial charge in [0, 0.05) is 46.3 Å². The summed E-state index contributed by atoms with van der Waals surface area (Å²) >= 11 is 0. The molecule has 14 rings (SSSR count). The highest BCUT2D eigenvalue weighted by atomic mass is 15.0. The average molecular weight is 1000 g/mol. The second kappa shape index (κ2) is 19.0. The number of hydrogen-bond acceptors (Lipinski definition) is 3. The van der Waals surface area contributed by atoms with E-state index in [1.807, 2.05) is 12.3 Å². The third kappa shape index (κ3) is 8.07. The molecule has 0 aliphatic rings. The predicted octanol–water partition coefficient (Wildman–Crippen LogP) is 18.9. The van der Waals surface area contributed by atoms with Crippen LogP contribution in [0, 0.1) is 27.7 Å². The average Bonchev–Trinajstić information content (AvgIpc) is 4.05. The van der Waals surface area contributed by atoms with Crippen molar-refractivity contribution in [1.82, 2.24) is 23.8 Å². The van der Waals surface area contributed by atoms with Crippen LogP contribution in [-0.2, 0) is 0 Å². The molecule has 0 N–H and O–H groups in total. The summed E-state index contributed by atoms with van der Waals surface area (Å²) in [5.41, 5.74) is 26.8. The van der Waals surface area contributed by atoms with Crippen LogP contribution < -0.4 is 0 Å². The van der Waals surface area contributed by atoms with Gasteiger partial charge in [-0.2, -0.15) is 0 Å². The van der Waals surface area contributed by atoms with Gasteiger partial charge in [-0.05, 0) is 188 Å². The SMILES string of the molecule is Cc1nc2c3ccc(-c4ccccc4-c4cc(-c5ccccc5-c5ccc6c(ccn7c(C)c(C)nc67)c5)cc(-c5ccccc5-c5ccc(-c6ccccn6)cc5-c5ccc(-c6ccccc6)cc5)c4)cc3ccn2c1C. The van der Waals surface area contributed by atoms with Crippen molar-refractivity contribution in [3.05, 3.63) is 272 Å². The molecule has 5 aromatic heterocycles. The number of aromatic nitrogens is 5. The summed E-state index contributed by atoms with van der Waals surface area (Å²) in [7, 11) is 0. The van der Waals surface area contributed by atoms with Crippen molar-refractivity contribution >= 4 is 32.8 Å². The quantitative estimate of drug-likeness (QED) is 0.145.